The molecule has 0 amide bonds. The van der Waals surface area contributed by atoms with E-state index >= 15 is 0 Å². The molecule has 3 atom stereocenters. The van der Waals surface area contributed by atoms with Crippen LogP contribution in [0.2, 0.25) is 0 Å². The van der Waals surface area contributed by atoms with Crippen LogP contribution in [0.3, 0.4) is 0 Å². The monoisotopic (exact) mass is 168 g/mol. The van der Waals surface area contributed by atoms with Gasteiger partial charge in [0.25, 0.3) is 0 Å². The van der Waals surface area contributed by atoms with Gasteiger partial charge in [-0.1, -0.05) is 0 Å². The van der Waals surface area contributed by atoms with Gasteiger partial charge in [-0.2, -0.15) is 0 Å². The van der Waals surface area contributed by atoms with E-state index in [-0.39, 0.29) is 0 Å². The lowest BCUT2D eigenvalue weighted by Crippen LogP contribution is -2.49. The molecule has 68 valence electrons. The Hall–Kier alpha value is -0.120. The predicted octanol–water partition coefficient (Wildman–Crippen LogP) is 0.374. The fourth-order valence-electron chi connectivity index (χ4n) is 2.99. The Bertz CT molecular complexity index is 165. The Balaban J connectivity index is 1.81. The summed E-state index contributed by atoms with van der Waals surface area (Å²) in [5.74, 6) is 0.828. The van der Waals surface area contributed by atoms with E-state index in [1.165, 1.54) is 32.4 Å². The normalized spacial score (nSPS) is 47.5. The third kappa shape index (κ3) is 0.934. The summed E-state index contributed by atoms with van der Waals surface area (Å²) in [6, 6.07) is 0.784. The van der Waals surface area contributed by atoms with E-state index < -0.39 is 0 Å². The van der Waals surface area contributed by atoms with Crippen LogP contribution in [-0.2, 0) is 4.74 Å². The minimum absolute atomic E-state index is 0.589. The molecule has 3 aliphatic heterocycles. The summed E-state index contributed by atoms with van der Waals surface area (Å²) >= 11 is 0. The Morgan fingerprint density at radius 3 is 3.25 bits per heavy atom. The number of piperidine rings is 1. The molecule has 3 saturated heterocycles. The molecule has 0 radical (unpaired) electrons. The van der Waals surface area contributed by atoms with Crippen LogP contribution in [0.25, 0.3) is 0 Å². The first kappa shape index (κ1) is 7.30. The number of ether oxygens (including phenoxy) is 1. The average Bonchev–Trinajstić information content (AvgIpc) is 2.71. The van der Waals surface area contributed by atoms with Crippen molar-refractivity contribution in [3.05, 3.63) is 0 Å². The molecule has 3 fully saturated rings. The summed E-state index contributed by atoms with van der Waals surface area (Å²) in [6.45, 7) is 3.36. The van der Waals surface area contributed by atoms with Crippen molar-refractivity contribution >= 4 is 0 Å². The van der Waals surface area contributed by atoms with Gasteiger partial charge in [-0.3, -0.25) is 5.43 Å². The summed E-state index contributed by atoms with van der Waals surface area (Å²) < 4.78 is 5.71. The number of nitrogens with one attached hydrogen (secondary N) is 1. The number of hydrazine groups is 1. The zero-order valence-corrected chi connectivity index (χ0v) is 7.33. The SMILES string of the molecule is C1CC2C3CCOC3CCN2N1. The second-order valence-corrected chi connectivity index (χ2v) is 4.11. The van der Waals surface area contributed by atoms with Gasteiger partial charge in [0.05, 0.1) is 6.10 Å². The number of nitrogens with zero attached hydrogens (tertiary/aromatic N) is 1. The first-order chi connectivity index (χ1) is 5.95. The highest BCUT2D eigenvalue weighted by Crippen LogP contribution is 2.35. The highest BCUT2D eigenvalue weighted by Gasteiger charge is 2.43. The van der Waals surface area contributed by atoms with E-state index in [0.717, 1.165) is 18.6 Å². The quantitative estimate of drug-likeness (QED) is 0.565. The molecule has 3 aliphatic rings. The fourth-order valence-corrected chi connectivity index (χ4v) is 2.99. The zero-order valence-electron chi connectivity index (χ0n) is 7.33. The van der Waals surface area contributed by atoms with Crippen molar-refractivity contribution in [2.45, 2.75) is 31.4 Å². The molecule has 0 aromatic heterocycles. The molecule has 12 heavy (non-hydrogen) atoms. The van der Waals surface area contributed by atoms with E-state index in [4.69, 9.17) is 4.74 Å². The molecule has 0 aromatic rings. The first-order valence-corrected chi connectivity index (χ1v) is 5.07. The van der Waals surface area contributed by atoms with Crippen LogP contribution >= 0.6 is 0 Å². The van der Waals surface area contributed by atoms with Gasteiger partial charge in [0.2, 0.25) is 0 Å². The molecule has 0 saturated carbocycles. The standard InChI is InChI=1S/C9H16N2O/c1-4-10-11-5-2-9-7(8(1)11)3-6-12-9/h7-10H,1-6H2. The summed E-state index contributed by atoms with van der Waals surface area (Å²) in [6.07, 6.45) is 4.43. The molecule has 0 spiro atoms. The number of hydrogen-bond acceptors (Lipinski definition) is 3. The van der Waals surface area contributed by atoms with Gasteiger partial charge >= 0.3 is 0 Å². The van der Waals surface area contributed by atoms with Crippen molar-refractivity contribution < 1.29 is 4.74 Å². The van der Waals surface area contributed by atoms with Crippen LogP contribution in [0.15, 0.2) is 0 Å². The predicted molar refractivity (Wildman–Crippen MR) is 45.6 cm³/mol. The lowest BCUT2D eigenvalue weighted by Gasteiger charge is -2.37. The minimum atomic E-state index is 0.589. The van der Waals surface area contributed by atoms with Crippen molar-refractivity contribution in [2.24, 2.45) is 5.92 Å². The smallest absolute Gasteiger partial charge is 0.0632 e. The van der Waals surface area contributed by atoms with Crippen LogP contribution in [0, 0.1) is 5.92 Å². The minimum Gasteiger partial charge on any atom is -0.378 e. The second kappa shape index (κ2) is 2.69. The topological polar surface area (TPSA) is 24.5 Å². The highest BCUT2D eigenvalue weighted by molar-refractivity contribution is 4.94. The number of hydrogen-bond donors (Lipinski definition) is 1. The van der Waals surface area contributed by atoms with Gasteiger partial charge in [-0.25, -0.2) is 5.01 Å². The van der Waals surface area contributed by atoms with Gasteiger partial charge in [0, 0.05) is 31.7 Å². The van der Waals surface area contributed by atoms with E-state index in [1.54, 1.807) is 0 Å². The molecule has 0 aliphatic carbocycles. The maximum absolute atomic E-state index is 5.71. The molecular formula is C9H16N2O. The number of rotatable bonds is 0. The summed E-state index contributed by atoms with van der Waals surface area (Å²) in [7, 11) is 0. The maximum Gasteiger partial charge on any atom is 0.0632 e. The zero-order chi connectivity index (χ0) is 7.97. The van der Waals surface area contributed by atoms with Crippen LogP contribution in [0.5, 0.6) is 0 Å². The lowest BCUT2D eigenvalue weighted by molar-refractivity contribution is 0.00136. The third-order valence-corrected chi connectivity index (χ3v) is 3.56. The third-order valence-electron chi connectivity index (χ3n) is 3.56. The molecule has 0 aromatic carbocycles. The Labute approximate surface area is 73.0 Å². The maximum atomic E-state index is 5.71. The van der Waals surface area contributed by atoms with Crippen LogP contribution < -0.4 is 5.43 Å². The van der Waals surface area contributed by atoms with Gasteiger partial charge < -0.3 is 4.74 Å². The van der Waals surface area contributed by atoms with Crippen molar-refractivity contribution in [1.82, 2.24) is 10.4 Å². The second-order valence-electron chi connectivity index (χ2n) is 4.11. The highest BCUT2D eigenvalue weighted by atomic mass is 16.5. The Morgan fingerprint density at radius 1 is 1.25 bits per heavy atom. The molecule has 3 heterocycles. The largest absolute Gasteiger partial charge is 0.378 e. The van der Waals surface area contributed by atoms with Crippen molar-refractivity contribution in [3.8, 4) is 0 Å². The van der Waals surface area contributed by atoms with Gasteiger partial charge in [0.1, 0.15) is 0 Å². The van der Waals surface area contributed by atoms with Gasteiger partial charge in [0.15, 0.2) is 0 Å². The van der Waals surface area contributed by atoms with Crippen molar-refractivity contribution in [3.63, 3.8) is 0 Å². The van der Waals surface area contributed by atoms with Gasteiger partial charge in [-0.05, 0) is 19.3 Å². The molecule has 3 unspecified atom stereocenters. The van der Waals surface area contributed by atoms with E-state index in [9.17, 15) is 0 Å². The van der Waals surface area contributed by atoms with Crippen LogP contribution in [0.1, 0.15) is 19.3 Å². The Kier molecular flexibility index (Phi) is 1.63. The van der Waals surface area contributed by atoms with E-state index in [0.29, 0.717) is 6.10 Å². The summed E-state index contributed by atoms with van der Waals surface area (Å²) in [5.41, 5.74) is 3.45. The molecule has 3 heteroatoms. The van der Waals surface area contributed by atoms with E-state index in [1.807, 2.05) is 0 Å². The summed E-state index contributed by atoms with van der Waals surface area (Å²) in [4.78, 5) is 0. The lowest BCUT2D eigenvalue weighted by atomic mass is 9.86. The molecule has 3 nitrogen and oxygen atoms in total. The van der Waals surface area contributed by atoms with Gasteiger partial charge in [-0.15, -0.1) is 0 Å². The van der Waals surface area contributed by atoms with Crippen molar-refractivity contribution in [2.75, 3.05) is 19.7 Å². The molecule has 3 rings (SSSR count). The fraction of sp³-hybridized carbons (Fsp3) is 1.00. The van der Waals surface area contributed by atoms with Crippen LogP contribution in [-0.4, -0.2) is 36.9 Å². The molecular weight excluding hydrogens is 152 g/mol. The van der Waals surface area contributed by atoms with Crippen LogP contribution in [0.4, 0.5) is 0 Å². The Morgan fingerprint density at radius 2 is 2.25 bits per heavy atom. The van der Waals surface area contributed by atoms with E-state index in [2.05, 4.69) is 10.4 Å². The first-order valence-electron chi connectivity index (χ1n) is 5.07. The summed E-state index contributed by atoms with van der Waals surface area (Å²) in [5, 5.41) is 2.44. The molecule has 1 N–H and O–H groups in total. The molecule has 0 bridgehead atoms. The number of fused-ring (bicyclic) bond motifs is 3. The average molecular weight is 168 g/mol. The van der Waals surface area contributed by atoms with Crippen molar-refractivity contribution in [1.29, 1.82) is 0 Å².